The molecule has 0 bridgehead atoms. The highest BCUT2D eigenvalue weighted by molar-refractivity contribution is 5.69. The van der Waals surface area contributed by atoms with E-state index in [0.29, 0.717) is 37.7 Å². The molecule has 8 atom stereocenters. The molecule has 1 saturated heterocycles. The van der Waals surface area contributed by atoms with E-state index in [4.69, 9.17) is 23.7 Å². The highest BCUT2D eigenvalue weighted by Crippen LogP contribution is 2.67. The monoisotopic (exact) mass is 518 g/mol. The Morgan fingerprint density at radius 1 is 1.16 bits per heavy atom. The van der Waals surface area contributed by atoms with Crippen molar-refractivity contribution in [2.24, 2.45) is 22.7 Å². The van der Waals surface area contributed by atoms with Crippen molar-refractivity contribution >= 4 is 17.9 Å². The Bertz CT molecular complexity index is 967. The number of ether oxygens (including phenoxy) is 5. The Balaban J connectivity index is 2.23. The fourth-order valence-corrected chi connectivity index (χ4v) is 6.50. The summed E-state index contributed by atoms with van der Waals surface area (Å²) in [5.41, 5.74) is 0.466. The van der Waals surface area contributed by atoms with Crippen LogP contribution in [0.25, 0.3) is 0 Å². The van der Waals surface area contributed by atoms with Crippen LogP contribution in [-0.2, 0) is 38.1 Å². The lowest BCUT2D eigenvalue weighted by Gasteiger charge is -2.60. The minimum atomic E-state index is -1.03. The van der Waals surface area contributed by atoms with E-state index in [9.17, 15) is 14.4 Å². The van der Waals surface area contributed by atoms with Gasteiger partial charge in [-0.2, -0.15) is 0 Å². The standard InChI is InChI=1S/C29H42O8/c1-9-11-25(32)36-23-16-29-22(26(34-19(5)30)37-27(29)35-20(6)31)14-21(33-8)15-24(29)28(7,18(23)4)13-12-17(3)10-2/h10,12,14,18,21,23-24,26-27H,2,9,11,13,15-16H2,1,3-8H3/b17-12-/t18-,21+,23+,24+,26+,27-,28-,29-/m1/s1. The van der Waals surface area contributed by atoms with Crippen molar-refractivity contribution in [2.45, 2.75) is 98.4 Å². The second-order valence-electron chi connectivity index (χ2n) is 10.9. The predicted molar refractivity (Wildman–Crippen MR) is 137 cm³/mol. The van der Waals surface area contributed by atoms with E-state index in [-0.39, 0.29) is 23.9 Å². The molecule has 1 saturated carbocycles. The summed E-state index contributed by atoms with van der Waals surface area (Å²) in [7, 11) is 1.65. The number of carbonyl (C=O) groups excluding carboxylic acids is 3. The molecule has 206 valence electrons. The third-order valence-electron chi connectivity index (χ3n) is 8.62. The van der Waals surface area contributed by atoms with Crippen molar-refractivity contribution in [1.29, 1.82) is 0 Å². The topological polar surface area (TPSA) is 97.4 Å². The number of allylic oxidation sites excluding steroid dienone is 3. The van der Waals surface area contributed by atoms with Gasteiger partial charge in [0.05, 0.1) is 11.5 Å². The number of carbonyl (C=O) groups is 3. The molecule has 0 N–H and O–H groups in total. The molecule has 1 heterocycles. The number of esters is 3. The van der Waals surface area contributed by atoms with Gasteiger partial charge in [-0.25, -0.2) is 0 Å². The van der Waals surface area contributed by atoms with Gasteiger partial charge < -0.3 is 18.9 Å². The highest BCUT2D eigenvalue weighted by atomic mass is 16.8. The molecule has 3 rings (SSSR count). The van der Waals surface area contributed by atoms with Crippen LogP contribution >= 0.6 is 0 Å². The van der Waals surface area contributed by atoms with Gasteiger partial charge >= 0.3 is 17.9 Å². The maximum Gasteiger partial charge on any atom is 0.306 e. The summed E-state index contributed by atoms with van der Waals surface area (Å²) in [4.78, 5) is 37.0. The molecule has 2 aliphatic carbocycles. The first-order valence-electron chi connectivity index (χ1n) is 13.2. The van der Waals surface area contributed by atoms with E-state index < -0.39 is 41.5 Å². The van der Waals surface area contributed by atoms with Crippen molar-refractivity contribution in [1.82, 2.24) is 0 Å². The van der Waals surface area contributed by atoms with E-state index in [0.717, 1.165) is 5.57 Å². The van der Waals surface area contributed by atoms with Crippen LogP contribution in [0, 0.1) is 22.7 Å². The summed E-state index contributed by atoms with van der Waals surface area (Å²) in [5.74, 6) is -1.40. The summed E-state index contributed by atoms with van der Waals surface area (Å²) >= 11 is 0. The van der Waals surface area contributed by atoms with E-state index in [1.165, 1.54) is 13.8 Å². The fourth-order valence-electron chi connectivity index (χ4n) is 6.50. The summed E-state index contributed by atoms with van der Waals surface area (Å²) in [6.07, 6.45) is 5.84. The normalized spacial score (nSPS) is 37.1. The van der Waals surface area contributed by atoms with Crippen LogP contribution in [0.1, 0.15) is 73.6 Å². The van der Waals surface area contributed by atoms with Gasteiger partial charge in [0.1, 0.15) is 6.10 Å². The average Bonchev–Trinajstić information content (AvgIpc) is 3.11. The molecule has 8 heteroatoms. The molecule has 2 fully saturated rings. The number of rotatable bonds is 9. The lowest BCUT2D eigenvalue weighted by atomic mass is 9.45. The first-order valence-corrected chi connectivity index (χ1v) is 13.2. The molecular weight excluding hydrogens is 476 g/mol. The quantitative estimate of drug-likeness (QED) is 0.182. The lowest BCUT2D eigenvalue weighted by molar-refractivity contribution is -0.246. The zero-order valence-corrected chi connectivity index (χ0v) is 23.2. The van der Waals surface area contributed by atoms with Gasteiger partial charge in [-0.05, 0) is 49.5 Å². The number of hydrogen-bond donors (Lipinski definition) is 0. The molecule has 0 unspecified atom stereocenters. The summed E-state index contributed by atoms with van der Waals surface area (Å²) in [6.45, 7) is 14.8. The first-order chi connectivity index (χ1) is 17.4. The van der Waals surface area contributed by atoms with Crippen LogP contribution < -0.4 is 0 Å². The fraction of sp³-hybridized carbons (Fsp3) is 0.690. The van der Waals surface area contributed by atoms with Gasteiger partial charge in [0.15, 0.2) is 0 Å². The van der Waals surface area contributed by atoms with Crippen LogP contribution in [0.3, 0.4) is 0 Å². The summed E-state index contributed by atoms with van der Waals surface area (Å²) in [5, 5.41) is 0. The van der Waals surface area contributed by atoms with Gasteiger partial charge in [-0.15, -0.1) is 0 Å². The summed E-state index contributed by atoms with van der Waals surface area (Å²) in [6, 6.07) is 0. The zero-order chi connectivity index (χ0) is 27.5. The summed E-state index contributed by atoms with van der Waals surface area (Å²) < 4.78 is 29.5. The van der Waals surface area contributed by atoms with Crippen molar-refractivity contribution in [3.05, 3.63) is 36.0 Å². The Kier molecular flexibility index (Phi) is 9.06. The SMILES string of the molecule is C=C/C(C)=C\C[C@]1(C)[C@H](C)[C@@H](OC(=O)CCC)C[C@@]23C(=C[C@H](OC)C[C@@H]12)[C@@H](OC(C)=O)O[C@H]3OC(C)=O. The Morgan fingerprint density at radius 2 is 1.84 bits per heavy atom. The maximum absolute atomic E-state index is 12.7. The third-order valence-corrected chi connectivity index (χ3v) is 8.62. The maximum atomic E-state index is 12.7. The van der Waals surface area contributed by atoms with Crippen molar-refractivity contribution < 1.29 is 38.1 Å². The van der Waals surface area contributed by atoms with Gasteiger partial charge in [0.25, 0.3) is 0 Å². The molecule has 0 aromatic heterocycles. The molecule has 0 aromatic carbocycles. The molecule has 0 radical (unpaired) electrons. The highest BCUT2D eigenvalue weighted by Gasteiger charge is 2.70. The lowest BCUT2D eigenvalue weighted by Crippen LogP contribution is -2.61. The van der Waals surface area contributed by atoms with E-state index in [1.54, 1.807) is 7.11 Å². The van der Waals surface area contributed by atoms with Crippen LogP contribution in [0.15, 0.2) is 36.0 Å². The second-order valence-corrected chi connectivity index (χ2v) is 10.9. The van der Waals surface area contributed by atoms with E-state index in [2.05, 4.69) is 26.5 Å². The molecule has 0 aromatic rings. The van der Waals surface area contributed by atoms with Crippen LogP contribution in [-0.4, -0.2) is 49.8 Å². The smallest absolute Gasteiger partial charge is 0.306 e. The number of hydrogen-bond acceptors (Lipinski definition) is 8. The van der Waals surface area contributed by atoms with Gasteiger partial charge in [-0.3, -0.25) is 19.1 Å². The minimum absolute atomic E-state index is 0.0274. The molecule has 8 nitrogen and oxygen atoms in total. The molecule has 0 amide bonds. The van der Waals surface area contributed by atoms with Crippen LogP contribution in [0.2, 0.25) is 0 Å². The van der Waals surface area contributed by atoms with Gasteiger partial charge in [0.2, 0.25) is 12.6 Å². The van der Waals surface area contributed by atoms with Crippen LogP contribution in [0.4, 0.5) is 0 Å². The predicted octanol–water partition coefficient (Wildman–Crippen LogP) is 5.02. The van der Waals surface area contributed by atoms with Crippen LogP contribution in [0.5, 0.6) is 0 Å². The molecule has 37 heavy (non-hydrogen) atoms. The molecular formula is C29H42O8. The largest absolute Gasteiger partial charge is 0.462 e. The zero-order valence-electron chi connectivity index (χ0n) is 23.2. The molecule has 3 aliphatic rings. The van der Waals surface area contributed by atoms with Gasteiger partial charge in [-0.1, -0.05) is 45.1 Å². The Morgan fingerprint density at radius 3 is 2.41 bits per heavy atom. The Hall–Kier alpha value is -2.45. The van der Waals surface area contributed by atoms with E-state index >= 15 is 0 Å². The van der Waals surface area contributed by atoms with Crippen molar-refractivity contribution in [2.75, 3.05) is 7.11 Å². The van der Waals surface area contributed by atoms with Crippen molar-refractivity contribution in [3.63, 3.8) is 0 Å². The van der Waals surface area contributed by atoms with Crippen molar-refractivity contribution in [3.8, 4) is 0 Å². The Labute approximate surface area is 220 Å². The first kappa shape index (κ1) is 29.1. The average molecular weight is 519 g/mol. The minimum Gasteiger partial charge on any atom is -0.462 e. The number of methoxy groups -OCH3 is 1. The van der Waals surface area contributed by atoms with E-state index in [1.807, 2.05) is 26.0 Å². The van der Waals surface area contributed by atoms with Gasteiger partial charge in [0, 0.05) is 39.4 Å². The third kappa shape index (κ3) is 5.55. The molecule has 1 aliphatic heterocycles. The second kappa shape index (κ2) is 11.5. The molecule has 1 spiro atoms.